The molecule has 0 radical (unpaired) electrons. The van der Waals surface area contributed by atoms with Gasteiger partial charge in [-0.3, -0.25) is 9.59 Å². The van der Waals surface area contributed by atoms with Crippen LogP contribution in [0.5, 0.6) is 0 Å². The van der Waals surface area contributed by atoms with E-state index in [1.165, 1.54) is 14.2 Å². The highest BCUT2D eigenvalue weighted by Gasteiger charge is 2.41. The average Bonchev–Trinajstić information content (AvgIpc) is 2.29. The Hall–Kier alpha value is -1.58. The summed E-state index contributed by atoms with van der Waals surface area (Å²) in [5.74, 6) is -1.20. The smallest absolute Gasteiger partial charge is 0.208 e. The van der Waals surface area contributed by atoms with Crippen molar-refractivity contribution >= 4 is 11.6 Å². The molecule has 0 aliphatic heterocycles. The van der Waals surface area contributed by atoms with Crippen LogP contribution in [0, 0.1) is 11.8 Å². The number of carbonyl (C=O) groups is 2. The lowest BCUT2D eigenvalue weighted by Gasteiger charge is -2.26. The van der Waals surface area contributed by atoms with E-state index in [4.69, 9.17) is 9.47 Å². The standard InChI is InChI=1S/C12H16O4/c1-5-6-8-7(2)9(13)11(15-3)12(16-4)10(8)14/h5-8H,1-4H3/b6-5+. The first-order valence-electron chi connectivity index (χ1n) is 5.12. The molecule has 2 atom stereocenters. The Bertz CT molecular complexity index is 365. The molecule has 0 aromatic carbocycles. The Morgan fingerprint density at radius 2 is 1.56 bits per heavy atom. The highest BCUT2D eigenvalue weighted by atomic mass is 16.5. The quantitative estimate of drug-likeness (QED) is 0.681. The Morgan fingerprint density at radius 3 is 2.00 bits per heavy atom. The molecule has 0 saturated carbocycles. The second-order valence-electron chi connectivity index (χ2n) is 3.64. The molecule has 16 heavy (non-hydrogen) atoms. The van der Waals surface area contributed by atoms with E-state index in [0.29, 0.717) is 0 Å². The first-order valence-corrected chi connectivity index (χ1v) is 5.12. The normalized spacial score (nSPS) is 26.5. The van der Waals surface area contributed by atoms with Gasteiger partial charge in [-0.15, -0.1) is 0 Å². The highest BCUT2D eigenvalue weighted by molar-refractivity contribution is 6.12. The number of allylic oxidation sites excluding steroid dienone is 4. The molecule has 0 fully saturated rings. The minimum Gasteiger partial charge on any atom is -0.490 e. The highest BCUT2D eigenvalue weighted by Crippen LogP contribution is 2.30. The van der Waals surface area contributed by atoms with Crippen molar-refractivity contribution < 1.29 is 19.1 Å². The van der Waals surface area contributed by atoms with E-state index >= 15 is 0 Å². The minimum atomic E-state index is -0.452. The van der Waals surface area contributed by atoms with Crippen LogP contribution in [0.25, 0.3) is 0 Å². The van der Waals surface area contributed by atoms with Crippen molar-refractivity contribution in [3.8, 4) is 0 Å². The van der Waals surface area contributed by atoms with E-state index in [-0.39, 0.29) is 23.1 Å². The number of ether oxygens (including phenoxy) is 2. The number of carbonyl (C=O) groups excluding carboxylic acids is 2. The topological polar surface area (TPSA) is 52.6 Å². The van der Waals surface area contributed by atoms with E-state index in [0.717, 1.165) is 0 Å². The molecule has 0 amide bonds. The van der Waals surface area contributed by atoms with Crippen LogP contribution >= 0.6 is 0 Å². The Balaban J connectivity index is 3.25. The monoisotopic (exact) mass is 224 g/mol. The number of ketones is 2. The molecule has 0 N–H and O–H groups in total. The van der Waals surface area contributed by atoms with Crippen LogP contribution in [0.2, 0.25) is 0 Å². The summed E-state index contributed by atoms with van der Waals surface area (Å²) in [5.41, 5.74) is 0. The van der Waals surface area contributed by atoms with Gasteiger partial charge in [0.15, 0.2) is 0 Å². The summed E-state index contributed by atoms with van der Waals surface area (Å²) < 4.78 is 9.89. The zero-order chi connectivity index (χ0) is 12.3. The first-order chi connectivity index (χ1) is 7.58. The van der Waals surface area contributed by atoms with Gasteiger partial charge in [0.1, 0.15) is 0 Å². The van der Waals surface area contributed by atoms with Gasteiger partial charge in [0.2, 0.25) is 23.1 Å². The van der Waals surface area contributed by atoms with Crippen molar-refractivity contribution in [1.82, 2.24) is 0 Å². The van der Waals surface area contributed by atoms with Crippen molar-refractivity contribution in [3.05, 3.63) is 23.7 Å². The zero-order valence-corrected chi connectivity index (χ0v) is 9.94. The second-order valence-corrected chi connectivity index (χ2v) is 3.64. The summed E-state index contributed by atoms with van der Waals surface area (Å²) in [6.45, 7) is 3.53. The number of hydrogen-bond donors (Lipinski definition) is 0. The summed E-state index contributed by atoms with van der Waals surface area (Å²) in [6, 6.07) is 0. The lowest BCUT2D eigenvalue weighted by Crippen LogP contribution is -2.36. The molecule has 0 spiro atoms. The van der Waals surface area contributed by atoms with Gasteiger partial charge in [-0.25, -0.2) is 0 Å². The number of hydrogen-bond acceptors (Lipinski definition) is 4. The lowest BCUT2D eigenvalue weighted by molar-refractivity contribution is -0.133. The van der Waals surface area contributed by atoms with Gasteiger partial charge >= 0.3 is 0 Å². The first kappa shape index (κ1) is 12.5. The Labute approximate surface area is 94.9 Å². The van der Waals surface area contributed by atoms with Crippen LogP contribution in [0.3, 0.4) is 0 Å². The van der Waals surface area contributed by atoms with Crippen LogP contribution in [-0.4, -0.2) is 25.8 Å². The molecular weight excluding hydrogens is 208 g/mol. The third-order valence-corrected chi connectivity index (χ3v) is 2.72. The predicted octanol–water partition coefficient (Wildman–Crippen LogP) is 1.47. The fourth-order valence-corrected chi connectivity index (χ4v) is 1.82. The van der Waals surface area contributed by atoms with Gasteiger partial charge < -0.3 is 9.47 Å². The zero-order valence-electron chi connectivity index (χ0n) is 9.94. The maximum Gasteiger partial charge on any atom is 0.208 e. The van der Waals surface area contributed by atoms with Crippen molar-refractivity contribution in [2.75, 3.05) is 14.2 Å². The number of methoxy groups -OCH3 is 2. The summed E-state index contributed by atoms with van der Waals surface area (Å²) in [4.78, 5) is 23.9. The van der Waals surface area contributed by atoms with E-state index < -0.39 is 11.8 Å². The van der Waals surface area contributed by atoms with Crippen LogP contribution in [0.15, 0.2) is 23.7 Å². The van der Waals surface area contributed by atoms with Crippen molar-refractivity contribution in [3.63, 3.8) is 0 Å². The van der Waals surface area contributed by atoms with Crippen LogP contribution in [0.4, 0.5) is 0 Å². The van der Waals surface area contributed by atoms with Crippen molar-refractivity contribution in [1.29, 1.82) is 0 Å². The predicted molar refractivity (Wildman–Crippen MR) is 58.5 cm³/mol. The van der Waals surface area contributed by atoms with Gasteiger partial charge in [0, 0.05) is 5.92 Å². The second kappa shape index (κ2) is 4.96. The largest absolute Gasteiger partial charge is 0.490 e. The Morgan fingerprint density at radius 1 is 1.06 bits per heavy atom. The van der Waals surface area contributed by atoms with Crippen molar-refractivity contribution in [2.24, 2.45) is 11.8 Å². The van der Waals surface area contributed by atoms with E-state index in [2.05, 4.69) is 0 Å². The van der Waals surface area contributed by atoms with Crippen LogP contribution in [-0.2, 0) is 19.1 Å². The summed E-state index contributed by atoms with van der Waals surface area (Å²) >= 11 is 0. The van der Waals surface area contributed by atoms with Crippen LogP contribution < -0.4 is 0 Å². The number of Topliss-reactive ketones (excluding diaryl/α,β-unsaturated/α-hetero) is 2. The summed E-state index contributed by atoms with van der Waals surface area (Å²) in [7, 11) is 2.73. The fourth-order valence-electron chi connectivity index (χ4n) is 1.82. The molecule has 4 heteroatoms. The van der Waals surface area contributed by atoms with Gasteiger partial charge in [0.25, 0.3) is 0 Å². The van der Waals surface area contributed by atoms with Gasteiger partial charge in [-0.1, -0.05) is 19.1 Å². The van der Waals surface area contributed by atoms with Gasteiger partial charge in [-0.05, 0) is 6.92 Å². The summed E-state index contributed by atoms with van der Waals surface area (Å²) in [5, 5.41) is 0. The SMILES string of the molecule is C/C=C/C1C(=O)C(OC)=C(OC)C(=O)C1C. The van der Waals surface area contributed by atoms with E-state index in [9.17, 15) is 9.59 Å². The molecule has 0 bridgehead atoms. The molecule has 4 nitrogen and oxygen atoms in total. The van der Waals surface area contributed by atoms with Gasteiger partial charge in [-0.2, -0.15) is 0 Å². The molecular formula is C12H16O4. The van der Waals surface area contributed by atoms with Gasteiger partial charge in [0.05, 0.1) is 20.1 Å². The lowest BCUT2D eigenvalue weighted by atomic mass is 9.80. The van der Waals surface area contributed by atoms with E-state index in [1.54, 1.807) is 19.1 Å². The molecule has 2 unspecified atom stereocenters. The molecule has 1 aliphatic rings. The molecule has 0 aromatic rings. The molecule has 0 aromatic heterocycles. The maximum absolute atomic E-state index is 12.0. The molecule has 1 aliphatic carbocycles. The average molecular weight is 224 g/mol. The third kappa shape index (κ3) is 1.87. The Kier molecular flexibility index (Phi) is 3.88. The minimum absolute atomic E-state index is 0.0219. The third-order valence-electron chi connectivity index (χ3n) is 2.72. The summed E-state index contributed by atoms with van der Waals surface area (Å²) in [6.07, 6.45) is 3.48. The molecule has 1 rings (SSSR count). The number of rotatable bonds is 3. The molecule has 0 saturated heterocycles. The molecule has 0 heterocycles. The molecule has 88 valence electrons. The van der Waals surface area contributed by atoms with Crippen molar-refractivity contribution in [2.45, 2.75) is 13.8 Å². The van der Waals surface area contributed by atoms with E-state index in [1.807, 2.05) is 6.92 Å². The van der Waals surface area contributed by atoms with Crippen LogP contribution in [0.1, 0.15) is 13.8 Å². The maximum atomic E-state index is 12.0. The fraction of sp³-hybridized carbons (Fsp3) is 0.500.